The van der Waals surface area contributed by atoms with Gasteiger partial charge in [0.25, 0.3) is 0 Å². The molecule has 0 bridgehead atoms. The number of oxime groups is 1. The van der Waals surface area contributed by atoms with Crippen molar-refractivity contribution in [3.05, 3.63) is 0 Å². The van der Waals surface area contributed by atoms with Crippen LogP contribution in [0.15, 0.2) is 5.16 Å². The summed E-state index contributed by atoms with van der Waals surface area (Å²) in [4.78, 5) is 26.7. The lowest BCUT2D eigenvalue weighted by atomic mass is 9.89. The third-order valence-electron chi connectivity index (χ3n) is 2.72. The van der Waals surface area contributed by atoms with Crippen molar-refractivity contribution >= 4 is 17.5 Å². The van der Waals surface area contributed by atoms with Crippen LogP contribution in [0.2, 0.25) is 0 Å². The number of hydrogen-bond acceptors (Lipinski definition) is 4. The van der Waals surface area contributed by atoms with Crippen LogP contribution in [0.3, 0.4) is 0 Å². The quantitative estimate of drug-likeness (QED) is 0.449. The molecule has 0 spiro atoms. The Morgan fingerprint density at radius 2 is 2.06 bits per heavy atom. The van der Waals surface area contributed by atoms with Crippen LogP contribution in [0.25, 0.3) is 0 Å². The van der Waals surface area contributed by atoms with Crippen molar-refractivity contribution in [3.8, 4) is 0 Å². The van der Waals surface area contributed by atoms with E-state index in [4.69, 9.17) is 9.94 Å². The van der Waals surface area contributed by atoms with E-state index in [1.165, 1.54) is 13.3 Å². The van der Waals surface area contributed by atoms with E-state index in [1.54, 1.807) is 0 Å². The van der Waals surface area contributed by atoms with E-state index in [1.807, 2.05) is 0 Å². The maximum atomic E-state index is 10.9. The molecule has 1 aliphatic carbocycles. The highest BCUT2D eigenvalue weighted by molar-refractivity contribution is 6.63. The van der Waals surface area contributed by atoms with Crippen LogP contribution in [-0.2, 0) is 14.4 Å². The van der Waals surface area contributed by atoms with Crippen molar-refractivity contribution in [2.45, 2.75) is 45.6 Å². The third-order valence-corrected chi connectivity index (χ3v) is 2.72. The molecule has 1 fully saturated rings. The van der Waals surface area contributed by atoms with Crippen LogP contribution in [0.4, 0.5) is 0 Å². The van der Waals surface area contributed by atoms with E-state index in [0.717, 1.165) is 19.3 Å². The first-order valence-corrected chi connectivity index (χ1v) is 5.48. The normalized spacial score (nSPS) is 26.2. The topological polar surface area (TPSA) is 76.0 Å². The van der Waals surface area contributed by atoms with Crippen LogP contribution in [0.1, 0.15) is 39.5 Å². The second-order valence-corrected chi connectivity index (χ2v) is 4.30. The van der Waals surface area contributed by atoms with Gasteiger partial charge in [-0.2, -0.15) is 0 Å². The summed E-state index contributed by atoms with van der Waals surface area (Å²) in [5, 5.41) is 12.1. The van der Waals surface area contributed by atoms with Gasteiger partial charge < -0.3 is 9.94 Å². The Bertz CT molecular complexity index is 295. The summed E-state index contributed by atoms with van der Waals surface area (Å²) in [5.74, 6) is -1.35. The summed E-state index contributed by atoms with van der Waals surface area (Å²) in [6.07, 6.45) is 3.91. The third kappa shape index (κ3) is 3.64. The molecule has 0 amide bonds. The second-order valence-electron chi connectivity index (χ2n) is 4.30. The Morgan fingerprint density at radius 3 is 2.56 bits per heavy atom. The molecular weight excluding hydrogens is 210 g/mol. The second kappa shape index (κ2) is 5.63. The maximum Gasteiger partial charge on any atom is 0.361 e. The number of carbonyl (C=O) groups is 2. The summed E-state index contributed by atoms with van der Waals surface area (Å²) in [7, 11) is 0. The van der Waals surface area contributed by atoms with E-state index in [9.17, 15) is 9.59 Å². The number of carboxylic acid groups (broad SMARTS) is 1. The summed E-state index contributed by atoms with van der Waals surface area (Å²) < 4.78 is 0. The van der Waals surface area contributed by atoms with Crippen molar-refractivity contribution in [2.75, 3.05) is 0 Å². The van der Waals surface area contributed by atoms with Crippen LogP contribution in [0, 0.1) is 5.92 Å². The molecule has 0 saturated heterocycles. The average Bonchev–Trinajstić information content (AvgIpc) is 2.16. The number of carbonyl (C=O) groups excluding carboxylic acids is 1. The molecule has 5 heteroatoms. The minimum atomic E-state index is -1.34. The molecule has 0 aromatic carbocycles. The van der Waals surface area contributed by atoms with Crippen molar-refractivity contribution < 1.29 is 19.5 Å². The molecular formula is C11H17NO4. The zero-order chi connectivity index (χ0) is 12.1. The Kier molecular flexibility index (Phi) is 4.46. The molecule has 0 aromatic rings. The van der Waals surface area contributed by atoms with Gasteiger partial charge in [-0.05, 0) is 25.2 Å². The molecule has 0 aliphatic heterocycles. The Balaban J connectivity index is 2.55. The highest BCUT2D eigenvalue weighted by Gasteiger charge is 2.22. The first-order chi connectivity index (χ1) is 7.50. The first kappa shape index (κ1) is 12.7. The Labute approximate surface area is 94.5 Å². The fourth-order valence-corrected chi connectivity index (χ4v) is 1.86. The molecule has 0 radical (unpaired) electrons. The molecule has 0 unspecified atom stereocenters. The Morgan fingerprint density at radius 1 is 1.38 bits per heavy atom. The largest absolute Gasteiger partial charge is 0.476 e. The lowest BCUT2D eigenvalue weighted by Crippen LogP contribution is -2.25. The Hall–Kier alpha value is -1.39. The minimum absolute atomic E-state index is 0.0579. The zero-order valence-electron chi connectivity index (χ0n) is 9.60. The van der Waals surface area contributed by atoms with E-state index in [2.05, 4.69) is 12.1 Å². The smallest absolute Gasteiger partial charge is 0.361 e. The number of hydrogen-bond donors (Lipinski definition) is 1. The van der Waals surface area contributed by atoms with Crippen molar-refractivity contribution in [1.82, 2.24) is 0 Å². The van der Waals surface area contributed by atoms with Gasteiger partial charge in [0.1, 0.15) is 6.10 Å². The number of Topliss-reactive ketones (excluding diaryl/α,β-unsaturated/α-hetero) is 1. The fraction of sp³-hybridized carbons (Fsp3) is 0.727. The van der Waals surface area contributed by atoms with E-state index < -0.39 is 17.5 Å². The lowest BCUT2D eigenvalue weighted by molar-refractivity contribution is -0.130. The zero-order valence-corrected chi connectivity index (χ0v) is 9.60. The minimum Gasteiger partial charge on any atom is -0.476 e. The summed E-state index contributed by atoms with van der Waals surface area (Å²) >= 11 is 0. The van der Waals surface area contributed by atoms with Gasteiger partial charge in [0.2, 0.25) is 5.71 Å². The van der Waals surface area contributed by atoms with Crippen molar-refractivity contribution in [1.29, 1.82) is 0 Å². The molecule has 1 saturated carbocycles. The molecule has 2 atom stereocenters. The molecule has 90 valence electrons. The predicted octanol–water partition coefficient (Wildman–Crippen LogP) is 1.61. The predicted molar refractivity (Wildman–Crippen MR) is 58.3 cm³/mol. The lowest BCUT2D eigenvalue weighted by Gasteiger charge is -2.24. The number of nitrogens with zero attached hydrogens (tertiary/aromatic N) is 1. The number of aliphatic carboxylic acids is 1. The molecule has 1 aliphatic rings. The van der Waals surface area contributed by atoms with Gasteiger partial charge >= 0.3 is 5.97 Å². The summed E-state index contributed by atoms with van der Waals surface area (Å²) in [5.41, 5.74) is -0.529. The van der Waals surface area contributed by atoms with Gasteiger partial charge in [0.05, 0.1) is 0 Å². The molecule has 5 nitrogen and oxygen atoms in total. The maximum absolute atomic E-state index is 10.9. The molecule has 0 aromatic heterocycles. The summed E-state index contributed by atoms with van der Waals surface area (Å²) in [6, 6.07) is 0. The number of carboxylic acids is 1. The monoisotopic (exact) mass is 227 g/mol. The van der Waals surface area contributed by atoms with Crippen LogP contribution >= 0.6 is 0 Å². The average molecular weight is 227 g/mol. The van der Waals surface area contributed by atoms with Gasteiger partial charge in [-0.1, -0.05) is 18.5 Å². The van der Waals surface area contributed by atoms with Crippen LogP contribution in [0.5, 0.6) is 0 Å². The van der Waals surface area contributed by atoms with Crippen LogP contribution in [-0.4, -0.2) is 28.7 Å². The van der Waals surface area contributed by atoms with Gasteiger partial charge in [-0.3, -0.25) is 4.79 Å². The molecule has 1 N–H and O–H groups in total. The number of ketones is 1. The van der Waals surface area contributed by atoms with E-state index in [-0.39, 0.29) is 6.10 Å². The van der Waals surface area contributed by atoms with E-state index >= 15 is 0 Å². The standard InChI is InChI=1S/C11H17NO4/c1-7-4-3-5-9(6-7)16-12-10(8(2)13)11(14)15/h7,9H,3-6H2,1-2H3,(H,14,15)/b12-10-/t7-,9-/m1/s1. The van der Waals surface area contributed by atoms with Gasteiger partial charge in [-0.15, -0.1) is 0 Å². The summed E-state index contributed by atoms with van der Waals surface area (Å²) in [6.45, 7) is 3.29. The van der Waals surface area contributed by atoms with Gasteiger partial charge in [-0.25, -0.2) is 4.79 Å². The molecule has 0 heterocycles. The highest BCUT2D eigenvalue weighted by Crippen LogP contribution is 2.25. The molecule has 1 rings (SSSR count). The first-order valence-electron chi connectivity index (χ1n) is 5.48. The van der Waals surface area contributed by atoms with Crippen LogP contribution < -0.4 is 0 Å². The van der Waals surface area contributed by atoms with Gasteiger partial charge in [0, 0.05) is 6.92 Å². The highest BCUT2D eigenvalue weighted by atomic mass is 16.6. The number of rotatable bonds is 4. The van der Waals surface area contributed by atoms with Gasteiger partial charge in [0.15, 0.2) is 5.78 Å². The van der Waals surface area contributed by atoms with Crippen molar-refractivity contribution in [2.24, 2.45) is 11.1 Å². The SMILES string of the molecule is CC(=O)/C(=N/O[C@@H]1CCC[C@@H](C)C1)C(=O)O. The fourth-order valence-electron chi connectivity index (χ4n) is 1.86. The van der Waals surface area contributed by atoms with E-state index in [0.29, 0.717) is 5.92 Å². The van der Waals surface area contributed by atoms with Crippen molar-refractivity contribution in [3.63, 3.8) is 0 Å². The molecule has 16 heavy (non-hydrogen) atoms.